The zero-order valence-corrected chi connectivity index (χ0v) is 15.4. The highest BCUT2D eigenvalue weighted by Crippen LogP contribution is 2.19. The van der Waals surface area contributed by atoms with E-state index in [0.717, 1.165) is 25.0 Å². The molecule has 7 nitrogen and oxygen atoms in total. The van der Waals surface area contributed by atoms with Crippen molar-refractivity contribution in [1.82, 2.24) is 15.4 Å². The van der Waals surface area contributed by atoms with Crippen LogP contribution in [0.2, 0.25) is 0 Å². The van der Waals surface area contributed by atoms with Crippen LogP contribution in [0, 0.1) is 11.6 Å². The summed E-state index contributed by atoms with van der Waals surface area (Å²) in [5.74, 6) is -2.34. The molecule has 0 radical (unpaired) electrons. The fourth-order valence-corrected chi connectivity index (χ4v) is 3.05. The van der Waals surface area contributed by atoms with E-state index in [1.807, 2.05) is 0 Å². The predicted octanol–water partition coefficient (Wildman–Crippen LogP) is 2.52. The highest BCUT2D eigenvalue weighted by atomic mass is 19.1. The summed E-state index contributed by atoms with van der Waals surface area (Å²) in [5, 5.41) is 6.31. The molecule has 1 aliphatic rings. The molecule has 1 aromatic carbocycles. The van der Waals surface area contributed by atoms with Crippen LogP contribution in [0.1, 0.15) is 46.4 Å². The molecule has 9 heteroatoms. The van der Waals surface area contributed by atoms with Crippen LogP contribution in [0.3, 0.4) is 0 Å². The first-order chi connectivity index (χ1) is 13.5. The maximum Gasteiger partial charge on any atom is 0.273 e. The molecule has 1 aliphatic heterocycles. The lowest BCUT2D eigenvalue weighted by molar-refractivity contribution is 0.0486. The first-order valence-corrected chi connectivity index (χ1v) is 9.07. The van der Waals surface area contributed by atoms with Crippen molar-refractivity contribution in [3.8, 4) is 0 Å². The van der Waals surface area contributed by atoms with E-state index in [-0.39, 0.29) is 42.1 Å². The molecule has 2 heterocycles. The second kappa shape index (κ2) is 8.92. The Bertz CT molecular complexity index is 829. The van der Waals surface area contributed by atoms with Gasteiger partial charge in [-0.1, -0.05) is 5.16 Å². The van der Waals surface area contributed by atoms with Gasteiger partial charge in [-0.15, -0.1) is 0 Å². The summed E-state index contributed by atoms with van der Waals surface area (Å²) < 4.78 is 37.8. The summed E-state index contributed by atoms with van der Waals surface area (Å²) in [4.78, 5) is 26.1. The van der Waals surface area contributed by atoms with Gasteiger partial charge >= 0.3 is 0 Å². The molecule has 0 saturated carbocycles. The van der Waals surface area contributed by atoms with Crippen molar-refractivity contribution in [1.29, 1.82) is 0 Å². The maximum atomic E-state index is 13.5. The van der Waals surface area contributed by atoms with Crippen molar-refractivity contribution in [3.63, 3.8) is 0 Å². The Morgan fingerprint density at radius 2 is 2.00 bits per heavy atom. The Morgan fingerprint density at radius 3 is 2.64 bits per heavy atom. The van der Waals surface area contributed by atoms with Crippen molar-refractivity contribution in [2.24, 2.45) is 0 Å². The number of carbonyl (C=O) groups excluding carboxylic acids is 2. The third-order valence-electron chi connectivity index (χ3n) is 4.32. The number of hydrogen-bond acceptors (Lipinski definition) is 5. The Kier molecular flexibility index (Phi) is 6.35. The standard InChI is InChI=1S/C19H21F2N3O4/c1-2-22-18(25)17-9-16(28-23-17)11-24(10-15-4-3-5-27-15)19(26)12-6-13(20)8-14(21)7-12/h6-9,15H,2-5,10-11H2,1H3,(H,22,25). The molecule has 1 saturated heterocycles. The fourth-order valence-electron chi connectivity index (χ4n) is 3.05. The quantitative estimate of drug-likeness (QED) is 0.781. The van der Waals surface area contributed by atoms with Crippen LogP contribution in [0.15, 0.2) is 28.8 Å². The van der Waals surface area contributed by atoms with Crippen molar-refractivity contribution in [2.75, 3.05) is 19.7 Å². The summed E-state index contributed by atoms with van der Waals surface area (Å²) in [6.45, 7) is 3.04. The molecule has 28 heavy (non-hydrogen) atoms. The summed E-state index contributed by atoms with van der Waals surface area (Å²) in [7, 11) is 0. The van der Waals surface area contributed by atoms with Crippen LogP contribution in [-0.2, 0) is 11.3 Å². The molecule has 0 spiro atoms. The van der Waals surface area contributed by atoms with Gasteiger partial charge in [0.15, 0.2) is 11.5 Å². The van der Waals surface area contributed by atoms with Crippen LogP contribution in [0.4, 0.5) is 8.78 Å². The second-order valence-electron chi connectivity index (χ2n) is 6.52. The van der Waals surface area contributed by atoms with Crippen molar-refractivity contribution in [3.05, 3.63) is 52.9 Å². The molecule has 0 bridgehead atoms. The summed E-state index contributed by atoms with van der Waals surface area (Å²) in [5.41, 5.74) is -0.0165. The second-order valence-corrected chi connectivity index (χ2v) is 6.52. The lowest BCUT2D eigenvalue weighted by Crippen LogP contribution is -2.37. The maximum absolute atomic E-state index is 13.5. The number of carbonyl (C=O) groups is 2. The van der Waals surface area contributed by atoms with E-state index in [2.05, 4.69) is 10.5 Å². The lowest BCUT2D eigenvalue weighted by Gasteiger charge is -2.24. The minimum atomic E-state index is -0.835. The topological polar surface area (TPSA) is 84.7 Å². The van der Waals surface area contributed by atoms with Gasteiger partial charge in [0.05, 0.1) is 12.6 Å². The zero-order chi connectivity index (χ0) is 20.1. The third kappa shape index (κ3) is 4.92. The monoisotopic (exact) mass is 393 g/mol. The molecular weight excluding hydrogens is 372 g/mol. The minimum Gasteiger partial charge on any atom is -0.376 e. The van der Waals surface area contributed by atoms with E-state index in [4.69, 9.17) is 9.26 Å². The third-order valence-corrected chi connectivity index (χ3v) is 4.32. The minimum absolute atomic E-state index is 0.0107. The van der Waals surface area contributed by atoms with E-state index in [0.29, 0.717) is 19.2 Å². The first kappa shape index (κ1) is 19.9. The number of benzene rings is 1. The van der Waals surface area contributed by atoms with E-state index in [1.54, 1.807) is 6.92 Å². The molecule has 2 amide bonds. The lowest BCUT2D eigenvalue weighted by atomic mass is 10.1. The molecule has 1 atom stereocenters. The van der Waals surface area contributed by atoms with Crippen LogP contribution in [0.5, 0.6) is 0 Å². The van der Waals surface area contributed by atoms with Crippen LogP contribution < -0.4 is 5.32 Å². The van der Waals surface area contributed by atoms with Gasteiger partial charge in [0, 0.05) is 37.4 Å². The number of aromatic nitrogens is 1. The number of hydrogen-bond donors (Lipinski definition) is 1. The number of nitrogens with one attached hydrogen (secondary N) is 1. The largest absolute Gasteiger partial charge is 0.376 e. The zero-order valence-electron chi connectivity index (χ0n) is 15.4. The molecule has 3 rings (SSSR count). The fraction of sp³-hybridized carbons (Fsp3) is 0.421. The number of ether oxygens (including phenoxy) is 1. The van der Waals surface area contributed by atoms with Gasteiger partial charge in [0.1, 0.15) is 11.6 Å². The van der Waals surface area contributed by atoms with Crippen LogP contribution in [-0.4, -0.2) is 47.7 Å². The average molecular weight is 393 g/mol. The molecule has 0 aliphatic carbocycles. The van der Waals surface area contributed by atoms with Gasteiger partial charge in [-0.05, 0) is 31.9 Å². The normalized spacial score (nSPS) is 16.2. The number of halogens is 2. The van der Waals surface area contributed by atoms with Gasteiger partial charge in [0.2, 0.25) is 0 Å². The molecular formula is C19H21F2N3O4. The molecule has 150 valence electrons. The Balaban J connectivity index is 1.80. The molecule has 1 N–H and O–H groups in total. The van der Waals surface area contributed by atoms with E-state index in [9.17, 15) is 18.4 Å². The molecule has 1 aromatic heterocycles. The SMILES string of the molecule is CCNC(=O)c1cc(CN(CC2CCCO2)C(=O)c2cc(F)cc(F)c2)on1. The number of rotatable bonds is 7. The first-order valence-electron chi connectivity index (χ1n) is 9.07. The van der Waals surface area contributed by atoms with E-state index < -0.39 is 17.5 Å². The highest BCUT2D eigenvalue weighted by Gasteiger charge is 2.26. The highest BCUT2D eigenvalue weighted by molar-refractivity contribution is 5.94. The summed E-state index contributed by atoms with van der Waals surface area (Å²) >= 11 is 0. The summed E-state index contributed by atoms with van der Waals surface area (Å²) in [6.07, 6.45) is 1.49. The number of nitrogens with zero attached hydrogens (tertiary/aromatic N) is 2. The summed E-state index contributed by atoms with van der Waals surface area (Å²) in [6, 6.07) is 4.10. The number of amides is 2. The molecule has 2 aromatic rings. The van der Waals surface area contributed by atoms with Crippen LogP contribution in [0.25, 0.3) is 0 Å². The van der Waals surface area contributed by atoms with E-state index in [1.165, 1.54) is 11.0 Å². The van der Waals surface area contributed by atoms with Crippen molar-refractivity contribution in [2.45, 2.75) is 32.4 Å². The van der Waals surface area contributed by atoms with Gasteiger partial charge in [-0.25, -0.2) is 8.78 Å². The van der Waals surface area contributed by atoms with Gasteiger partial charge in [-0.2, -0.15) is 0 Å². The Labute approximate surface area is 160 Å². The predicted molar refractivity (Wildman–Crippen MR) is 94.6 cm³/mol. The molecule has 1 fully saturated rings. The Hall–Kier alpha value is -2.81. The smallest absolute Gasteiger partial charge is 0.273 e. The average Bonchev–Trinajstić information content (AvgIpc) is 3.32. The van der Waals surface area contributed by atoms with Crippen molar-refractivity contribution >= 4 is 11.8 Å². The van der Waals surface area contributed by atoms with Gasteiger partial charge in [0.25, 0.3) is 11.8 Å². The van der Waals surface area contributed by atoms with Gasteiger partial charge in [-0.3, -0.25) is 9.59 Å². The van der Waals surface area contributed by atoms with E-state index >= 15 is 0 Å². The molecule has 1 unspecified atom stereocenters. The Morgan fingerprint density at radius 1 is 1.25 bits per heavy atom. The van der Waals surface area contributed by atoms with Gasteiger partial charge < -0.3 is 19.5 Å². The van der Waals surface area contributed by atoms with Crippen LogP contribution >= 0.6 is 0 Å². The van der Waals surface area contributed by atoms with Crippen molar-refractivity contribution < 1.29 is 27.6 Å².